The van der Waals surface area contributed by atoms with Crippen molar-refractivity contribution in [1.82, 2.24) is 0 Å². The molecule has 1 aromatic rings. The molecule has 1 aliphatic rings. The predicted octanol–water partition coefficient (Wildman–Crippen LogP) is 3.34. The zero-order chi connectivity index (χ0) is 11.2. The van der Waals surface area contributed by atoms with E-state index in [1.54, 1.807) is 0 Å². The molecule has 0 heterocycles. The van der Waals surface area contributed by atoms with Gasteiger partial charge >= 0.3 is 0 Å². The summed E-state index contributed by atoms with van der Waals surface area (Å²) < 4.78 is 27.4. The highest BCUT2D eigenvalue weighted by Gasteiger charge is 2.44. The molecule has 1 saturated carbocycles. The minimum Gasteiger partial charge on any atom is -0.385 e. The highest BCUT2D eigenvalue weighted by atomic mass is 79.9. The van der Waals surface area contributed by atoms with Crippen molar-refractivity contribution >= 4 is 15.9 Å². The Morgan fingerprint density at radius 3 is 2.53 bits per heavy atom. The van der Waals surface area contributed by atoms with E-state index in [2.05, 4.69) is 15.9 Å². The molecule has 1 atom stereocenters. The first-order chi connectivity index (χ1) is 6.94. The molecule has 0 bridgehead atoms. The first-order valence-corrected chi connectivity index (χ1v) is 5.60. The van der Waals surface area contributed by atoms with Gasteiger partial charge in [-0.3, -0.25) is 0 Å². The molecule has 1 aromatic carbocycles. The maximum absolute atomic E-state index is 13.7. The second-order valence-electron chi connectivity index (χ2n) is 4.14. The van der Waals surface area contributed by atoms with Gasteiger partial charge in [-0.2, -0.15) is 0 Å². The van der Waals surface area contributed by atoms with E-state index in [9.17, 15) is 13.9 Å². The highest BCUT2D eigenvalue weighted by Crippen LogP contribution is 2.47. The molecule has 0 amide bonds. The number of hydrogen-bond donors (Lipinski definition) is 1. The molecular weight excluding hydrogens is 266 g/mol. The van der Waals surface area contributed by atoms with E-state index in [1.165, 1.54) is 19.1 Å². The normalized spacial score (nSPS) is 20.1. The van der Waals surface area contributed by atoms with Crippen LogP contribution in [0.15, 0.2) is 16.6 Å². The molecule has 0 radical (unpaired) electrons. The van der Waals surface area contributed by atoms with E-state index in [0.29, 0.717) is 0 Å². The molecular formula is C11H11BrF2O. The SMILES string of the molecule is CC(O)(c1c(F)ccc(Br)c1F)C1CC1. The third-order valence-electron chi connectivity index (χ3n) is 2.92. The van der Waals surface area contributed by atoms with E-state index < -0.39 is 17.2 Å². The third kappa shape index (κ3) is 1.81. The Hall–Kier alpha value is -0.480. The number of aliphatic hydroxyl groups is 1. The first kappa shape index (κ1) is 11.0. The van der Waals surface area contributed by atoms with Crippen LogP contribution in [0.25, 0.3) is 0 Å². The average molecular weight is 277 g/mol. The van der Waals surface area contributed by atoms with Gasteiger partial charge in [0, 0.05) is 0 Å². The van der Waals surface area contributed by atoms with E-state index >= 15 is 0 Å². The van der Waals surface area contributed by atoms with Crippen LogP contribution in [-0.2, 0) is 5.60 Å². The van der Waals surface area contributed by atoms with E-state index in [0.717, 1.165) is 12.8 Å². The second kappa shape index (κ2) is 3.52. The maximum Gasteiger partial charge on any atom is 0.146 e. The predicted molar refractivity (Wildman–Crippen MR) is 56.4 cm³/mol. The van der Waals surface area contributed by atoms with Crippen molar-refractivity contribution in [1.29, 1.82) is 0 Å². The molecule has 4 heteroatoms. The highest BCUT2D eigenvalue weighted by molar-refractivity contribution is 9.10. The molecule has 82 valence electrons. The van der Waals surface area contributed by atoms with Crippen molar-refractivity contribution < 1.29 is 13.9 Å². The fraction of sp³-hybridized carbons (Fsp3) is 0.455. The zero-order valence-corrected chi connectivity index (χ0v) is 9.81. The topological polar surface area (TPSA) is 20.2 Å². The minimum absolute atomic E-state index is 0.0317. The summed E-state index contributed by atoms with van der Waals surface area (Å²) in [5, 5.41) is 10.1. The monoisotopic (exact) mass is 276 g/mol. The zero-order valence-electron chi connectivity index (χ0n) is 8.23. The van der Waals surface area contributed by atoms with Crippen molar-refractivity contribution in [2.75, 3.05) is 0 Å². The van der Waals surface area contributed by atoms with Crippen molar-refractivity contribution in [3.8, 4) is 0 Å². The molecule has 0 aromatic heterocycles. The summed E-state index contributed by atoms with van der Waals surface area (Å²) in [5.74, 6) is -1.42. The van der Waals surface area contributed by atoms with E-state index in [4.69, 9.17) is 0 Å². The average Bonchev–Trinajstić information content (AvgIpc) is 2.94. The molecule has 1 aliphatic carbocycles. The Bertz CT molecular complexity index is 400. The van der Waals surface area contributed by atoms with Gasteiger partial charge in [0.05, 0.1) is 15.6 Å². The minimum atomic E-state index is -1.40. The van der Waals surface area contributed by atoms with Crippen molar-refractivity contribution in [3.63, 3.8) is 0 Å². The van der Waals surface area contributed by atoms with Gasteiger partial charge in [-0.1, -0.05) is 0 Å². The lowest BCUT2D eigenvalue weighted by Crippen LogP contribution is -2.27. The maximum atomic E-state index is 13.7. The molecule has 0 aliphatic heterocycles. The second-order valence-corrected chi connectivity index (χ2v) is 4.99. The molecule has 0 spiro atoms. The molecule has 1 nitrogen and oxygen atoms in total. The number of rotatable bonds is 2. The van der Waals surface area contributed by atoms with Gasteiger partial charge in [0.2, 0.25) is 0 Å². The molecule has 1 N–H and O–H groups in total. The summed E-state index contributed by atoms with van der Waals surface area (Å²) in [6.45, 7) is 1.47. The Labute approximate surface area is 95.2 Å². The van der Waals surface area contributed by atoms with Crippen molar-refractivity contribution in [2.45, 2.75) is 25.4 Å². The lowest BCUT2D eigenvalue weighted by atomic mass is 9.90. The van der Waals surface area contributed by atoms with Crippen LogP contribution in [0.3, 0.4) is 0 Å². The van der Waals surface area contributed by atoms with Crippen LogP contribution < -0.4 is 0 Å². The molecule has 2 rings (SSSR count). The van der Waals surface area contributed by atoms with Gasteiger partial charge in [0.25, 0.3) is 0 Å². The first-order valence-electron chi connectivity index (χ1n) is 4.81. The number of hydrogen-bond acceptors (Lipinski definition) is 1. The summed E-state index contributed by atoms with van der Waals surface area (Å²) >= 11 is 2.99. The quantitative estimate of drug-likeness (QED) is 0.822. The molecule has 1 unspecified atom stereocenters. The van der Waals surface area contributed by atoms with Crippen LogP contribution >= 0.6 is 15.9 Å². The summed E-state index contributed by atoms with van der Waals surface area (Å²) in [6, 6.07) is 2.47. The van der Waals surface area contributed by atoms with Gasteiger partial charge in [0.15, 0.2) is 0 Å². The molecule has 15 heavy (non-hydrogen) atoms. The smallest absolute Gasteiger partial charge is 0.146 e. The Morgan fingerprint density at radius 2 is 2.00 bits per heavy atom. The van der Waals surface area contributed by atoms with Crippen molar-refractivity contribution in [2.24, 2.45) is 5.92 Å². The van der Waals surface area contributed by atoms with Crippen LogP contribution in [-0.4, -0.2) is 5.11 Å². The van der Waals surface area contributed by atoms with Crippen LogP contribution in [0.5, 0.6) is 0 Å². The van der Waals surface area contributed by atoms with Crippen LogP contribution in [0.1, 0.15) is 25.3 Å². The van der Waals surface area contributed by atoms with Crippen LogP contribution in [0.2, 0.25) is 0 Å². The van der Waals surface area contributed by atoms with Crippen LogP contribution in [0.4, 0.5) is 8.78 Å². The Balaban J connectivity index is 2.55. The summed E-state index contributed by atoms with van der Waals surface area (Å²) in [6.07, 6.45) is 1.64. The van der Waals surface area contributed by atoms with Crippen LogP contribution in [0, 0.1) is 17.6 Å². The standard InChI is InChI=1S/C11H11BrF2O/c1-11(15,6-2-3-6)9-8(13)5-4-7(12)10(9)14/h4-6,15H,2-3H2,1H3. The summed E-state index contributed by atoms with van der Waals surface area (Å²) in [5.41, 5.74) is -1.63. The van der Waals surface area contributed by atoms with Gasteiger partial charge in [-0.25, -0.2) is 8.78 Å². The van der Waals surface area contributed by atoms with E-state index in [-0.39, 0.29) is 16.0 Å². The van der Waals surface area contributed by atoms with Gasteiger partial charge in [-0.15, -0.1) is 0 Å². The Morgan fingerprint density at radius 1 is 1.40 bits per heavy atom. The lowest BCUT2D eigenvalue weighted by Gasteiger charge is -2.24. The fourth-order valence-electron chi connectivity index (χ4n) is 1.84. The van der Waals surface area contributed by atoms with Crippen molar-refractivity contribution in [3.05, 3.63) is 33.8 Å². The number of halogens is 3. The largest absolute Gasteiger partial charge is 0.385 e. The lowest BCUT2D eigenvalue weighted by molar-refractivity contribution is 0.0256. The van der Waals surface area contributed by atoms with Gasteiger partial charge < -0.3 is 5.11 Å². The molecule has 1 fully saturated rings. The summed E-state index contributed by atoms with van der Waals surface area (Å²) in [7, 11) is 0. The molecule has 0 saturated heterocycles. The summed E-state index contributed by atoms with van der Waals surface area (Å²) in [4.78, 5) is 0. The van der Waals surface area contributed by atoms with Gasteiger partial charge in [-0.05, 0) is 53.7 Å². The Kier molecular flexibility index (Phi) is 2.59. The third-order valence-corrected chi connectivity index (χ3v) is 3.53. The van der Waals surface area contributed by atoms with Gasteiger partial charge in [0.1, 0.15) is 11.6 Å². The van der Waals surface area contributed by atoms with E-state index in [1.807, 2.05) is 0 Å². The fourth-order valence-corrected chi connectivity index (χ4v) is 2.17. The number of benzene rings is 1.